The first-order valence-corrected chi connectivity index (χ1v) is 5.35. The molecule has 0 saturated carbocycles. The first-order valence-electron chi connectivity index (χ1n) is 5.35. The zero-order chi connectivity index (χ0) is 12.8. The van der Waals surface area contributed by atoms with E-state index >= 15 is 0 Å². The first-order chi connectivity index (χ1) is 8.23. The van der Waals surface area contributed by atoms with Crippen molar-refractivity contribution in [1.29, 1.82) is 5.26 Å². The number of hydrogen-bond acceptors (Lipinski definition) is 6. The summed E-state index contributed by atoms with van der Waals surface area (Å²) in [6.45, 7) is 0.340. The molecule has 1 rings (SSSR count). The van der Waals surface area contributed by atoms with Crippen molar-refractivity contribution in [2.24, 2.45) is 0 Å². The monoisotopic (exact) mass is 245 g/mol. The zero-order valence-corrected chi connectivity index (χ0v) is 10.6. The van der Waals surface area contributed by atoms with Gasteiger partial charge in [-0.15, -0.1) is 0 Å². The highest BCUT2D eigenvalue weighted by Crippen LogP contribution is 2.26. The molecule has 6 heteroatoms. The Hall–Kier alpha value is -0.710. The molecule has 0 N–H and O–H groups in total. The fraction of sp³-hybridized carbons (Fsp3) is 0.909. The van der Waals surface area contributed by atoms with Crippen molar-refractivity contribution in [3.8, 4) is 6.07 Å². The highest BCUT2D eigenvalue weighted by atomic mass is 16.6. The van der Waals surface area contributed by atoms with Gasteiger partial charge in [-0.3, -0.25) is 0 Å². The van der Waals surface area contributed by atoms with Crippen LogP contribution in [0.15, 0.2) is 0 Å². The number of nitriles is 1. The van der Waals surface area contributed by atoms with E-state index in [2.05, 4.69) is 6.07 Å². The van der Waals surface area contributed by atoms with Gasteiger partial charge in [0.25, 0.3) is 0 Å². The van der Waals surface area contributed by atoms with E-state index in [4.69, 9.17) is 28.9 Å². The van der Waals surface area contributed by atoms with Crippen molar-refractivity contribution in [3.63, 3.8) is 0 Å². The van der Waals surface area contributed by atoms with Crippen molar-refractivity contribution in [1.82, 2.24) is 0 Å². The van der Waals surface area contributed by atoms with Crippen LogP contribution in [0.25, 0.3) is 0 Å². The number of rotatable bonds is 5. The predicted molar refractivity (Wildman–Crippen MR) is 58.5 cm³/mol. The third-order valence-electron chi connectivity index (χ3n) is 2.91. The van der Waals surface area contributed by atoms with E-state index in [1.165, 1.54) is 7.11 Å². The van der Waals surface area contributed by atoms with Gasteiger partial charge in [-0.25, -0.2) is 0 Å². The van der Waals surface area contributed by atoms with Gasteiger partial charge in [0.15, 0.2) is 6.10 Å². The Labute approximate surface area is 101 Å². The molecule has 0 spiro atoms. The molecule has 1 aliphatic heterocycles. The van der Waals surface area contributed by atoms with E-state index in [9.17, 15) is 0 Å². The molecule has 0 unspecified atom stereocenters. The van der Waals surface area contributed by atoms with Crippen LogP contribution < -0.4 is 0 Å². The number of ether oxygens (including phenoxy) is 5. The van der Waals surface area contributed by atoms with E-state index in [0.29, 0.717) is 6.61 Å². The van der Waals surface area contributed by atoms with E-state index in [0.717, 1.165) is 0 Å². The van der Waals surface area contributed by atoms with Crippen LogP contribution in [0, 0.1) is 11.3 Å². The van der Waals surface area contributed by atoms with Crippen molar-refractivity contribution in [2.75, 3.05) is 35.0 Å². The van der Waals surface area contributed by atoms with Crippen molar-refractivity contribution < 1.29 is 23.7 Å². The lowest BCUT2D eigenvalue weighted by atomic mass is 9.95. The average Bonchev–Trinajstić information content (AvgIpc) is 2.37. The van der Waals surface area contributed by atoms with E-state index < -0.39 is 12.2 Å². The summed E-state index contributed by atoms with van der Waals surface area (Å²) in [5.74, 6) is 0. The van der Waals surface area contributed by atoms with Gasteiger partial charge < -0.3 is 23.7 Å². The second-order valence-corrected chi connectivity index (χ2v) is 3.78. The molecule has 0 radical (unpaired) electrons. The fourth-order valence-electron chi connectivity index (χ4n) is 2.13. The molecule has 0 aliphatic carbocycles. The van der Waals surface area contributed by atoms with Gasteiger partial charge in [0.05, 0.1) is 12.7 Å². The van der Waals surface area contributed by atoms with Crippen LogP contribution in [-0.2, 0) is 23.7 Å². The van der Waals surface area contributed by atoms with Crippen LogP contribution >= 0.6 is 0 Å². The highest BCUT2D eigenvalue weighted by Gasteiger charge is 2.47. The zero-order valence-electron chi connectivity index (χ0n) is 10.6. The lowest BCUT2D eigenvalue weighted by Crippen LogP contribution is -2.60. The van der Waals surface area contributed by atoms with Crippen LogP contribution in [0.3, 0.4) is 0 Å². The summed E-state index contributed by atoms with van der Waals surface area (Å²) in [6, 6.07) is 2.06. The Morgan fingerprint density at radius 3 is 2.00 bits per heavy atom. The van der Waals surface area contributed by atoms with Gasteiger partial charge in [-0.05, 0) is 0 Å². The van der Waals surface area contributed by atoms with Crippen molar-refractivity contribution in [2.45, 2.75) is 30.5 Å². The van der Waals surface area contributed by atoms with Gasteiger partial charge in [-0.2, -0.15) is 5.26 Å². The number of nitrogens with zero attached hydrogens (tertiary/aromatic N) is 1. The third-order valence-corrected chi connectivity index (χ3v) is 2.91. The quantitative estimate of drug-likeness (QED) is 0.677. The van der Waals surface area contributed by atoms with Crippen molar-refractivity contribution in [3.05, 3.63) is 0 Å². The number of methoxy groups -OCH3 is 4. The van der Waals surface area contributed by atoms with E-state index in [1.807, 2.05) is 0 Å². The molecular formula is C11H19NO5. The first kappa shape index (κ1) is 14.4. The van der Waals surface area contributed by atoms with Crippen LogP contribution in [0.2, 0.25) is 0 Å². The topological polar surface area (TPSA) is 69.9 Å². The number of hydrogen-bond donors (Lipinski definition) is 0. The third kappa shape index (κ3) is 2.94. The summed E-state index contributed by atoms with van der Waals surface area (Å²) < 4.78 is 26.7. The Balaban J connectivity index is 2.89. The molecule has 0 aromatic rings. The fourth-order valence-corrected chi connectivity index (χ4v) is 2.13. The maximum absolute atomic E-state index is 9.06. The molecule has 5 atom stereocenters. The molecule has 1 aliphatic rings. The molecule has 17 heavy (non-hydrogen) atoms. The van der Waals surface area contributed by atoms with Crippen molar-refractivity contribution >= 4 is 0 Å². The van der Waals surface area contributed by atoms with Gasteiger partial charge in [0.2, 0.25) is 0 Å². The maximum Gasteiger partial charge on any atom is 0.173 e. The van der Waals surface area contributed by atoms with Crippen LogP contribution in [0.1, 0.15) is 0 Å². The standard InChI is InChI=1S/C11H19NO5/c1-13-6-8-10(15-3)11(16-4)9(14-2)7(5-12)17-8/h7-11H,6H2,1-4H3/t7-,8-,9+,10+,11-/m1/s1. The highest BCUT2D eigenvalue weighted by molar-refractivity contribution is 5.03. The second kappa shape index (κ2) is 6.89. The van der Waals surface area contributed by atoms with Gasteiger partial charge in [-0.1, -0.05) is 0 Å². The largest absolute Gasteiger partial charge is 0.382 e. The smallest absolute Gasteiger partial charge is 0.173 e. The minimum absolute atomic E-state index is 0.325. The minimum Gasteiger partial charge on any atom is -0.382 e. The summed E-state index contributed by atoms with van der Waals surface area (Å²) in [7, 11) is 6.23. The van der Waals surface area contributed by atoms with E-state index in [1.54, 1.807) is 21.3 Å². The maximum atomic E-state index is 9.06. The Morgan fingerprint density at radius 2 is 1.59 bits per heavy atom. The average molecular weight is 245 g/mol. The molecule has 0 aromatic heterocycles. The summed E-state index contributed by atoms with van der Waals surface area (Å²) in [5, 5.41) is 9.06. The van der Waals surface area contributed by atoms with Gasteiger partial charge >= 0.3 is 0 Å². The molecule has 1 fully saturated rings. The molecule has 98 valence electrons. The molecule has 1 heterocycles. The molecular weight excluding hydrogens is 226 g/mol. The molecule has 0 amide bonds. The molecule has 1 saturated heterocycles. The van der Waals surface area contributed by atoms with Gasteiger partial charge in [0, 0.05) is 28.4 Å². The van der Waals surface area contributed by atoms with Crippen LogP contribution in [-0.4, -0.2) is 65.6 Å². The predicted octanol–water partition coefficient (Wildman–Crippen LogP) is -0.0312. The normalized spacial score (nSPS) is 37.7. The van der Waals surface area contributed by atoms with E-state index in [-0.39, 0.29) is 18.3 Å². The van der Waals surface area contributed by atoms with Crippen LogP contribution in [0.5, 0.6) is 0 Å². The SMILES string of the molecule is COC[C@H]1O[C@H](C#N)[C@H](OC)[C@@H](OC)[C@H]1OC. The minimum atomic E-state index is -0.684. The summed E-state index contributed by atoms with van der Waals surface area (Å²) in [4.78, 5) is 0. The summed E-state index contributed by atoms with van der Waals surface area (Å²) in [6.07, 6.45) is -2.18. The molecule has 0 bridgehead atoms. The Morgan fingerprint density at radius 1 is 1.00 bits per heavy atom. The Bertz CT molecular complexity index is 267. The molecule has 6 nitrogen and oxygen atoms in total. The van der Waals surface area contributed by atoms with Crippen LogP contribution in [0.4, 0.5) is 0 Å². The summed E-state index contributed by atoms with van der Waals surface area (Å²) in [5.41, 5.74) is 0. The van der Waals surface area contributed by atoms with Gasteiger partial charge in [0.1, 0.15) is 24.4 Å². The lowest BCUT2D eigenvalue weighted by Gasteiger charge is -2.42. The second-order valence-electron chi connectivity index (χ2n) is 3.78. The lowest BCUT2D eigenvalue weighted by molar-refractivity contribution is -0.236. The summed E-state index contributed by atoms with van der Waals surface area (Å²) >= 11 is 0. The molecule has 0 aromatic carbocycles. The Kier molecular flexibility index (Phi) is 5.82.